The molecular weight excluding hydrogens is 606 g/mol. The molecule has 0 saturated heterocycles. The van der Waals surface area contributed by atoms with Crippen molar-refractivity contribution in [2.24, 2.45) is 4.99 Å². The Morgan fingerprint density at radius 2 is 1.83 bits per heavy atom. The lowest BCUT2D eigenvalue weighted by Gasteiger charge is -2.22. The molecule has 0 amide bonds. The van der Waals surface area contributed by atoms with Crippen molar-refractivity contribution in [2.45, 2.75) is 33.4 Å². The summed E-state index contributed by atoms with van der Waals surface area (Å²) < 4.78 is 19.4. The standard InChI is InChI=1S/C35H29N3O7S/c1-4-43-34(40)31-22(3)36-35-37(32(31)29-17-16-28(45-29)27-19-25(38(41)42)13-10-21(27)2)33(39)30(46-35)18-23-11-14-26(15-12-23)44-20-24-8-6-5-7-9-24/h5-19,32H,4,20H2,1-3H3/b30-18-/t32-/m1/s1. The molecule has 2 aromatic heterocycles. The summed E-state index contributed by atoms with van der Waals surface area (Å²) in [4.78, 5) is 43.2. The van der Waals surface area contributed by atoms with Crippen LogP contribution in [0.2, 0.25) is 0 Å². The van der Waals surface area contributed by atoms with Crippen LogP contribution in [-0.2, 0) is 16.1 Å². The van der Waals surface area contributed by atoms with Gasteiger partial charge in [0.25, 0.3) is 11.2 Å². The summed E-state index contributed by atoms with van der Waals surface area (Å²) in [6, 6.07) is 24.2. The highest BCUT2D eigenvalue weighted by molar-refractivity contribution is 7.07. The first-order chi connectivity index (χ1) is 22.2. The van der Waals surface area contributed by atoms with E-state index in [0.717, 1.165) is 16.7 Å². The zero-order chi connectivity index (χ0) is 32.4. The number of carbonyl (C=O) groups excluding carboxylic acids is 1. The topological polar surface area (TPSA) is 126 Å². The number of thiazole rings is 1. The third-order valence-electron chi connectivity index (χ3n) is 7.54. The summed E-state index contributed by atoms with van der Waals surface area (Å²) in [5.41, 5.74) is 3.30. The predicted molar refractivity (Wildman–Crippen MR) is 173 cm³/mol. The fourth-order valence-electron chi connectivity index (χ4n) is 5.25. The molecule has 5 aromatic rings. The van der Waals surface area contributed by atoms with E-state index in [-0.39, 0.29) is 23.4 Å². The Labute approximate surface area is 267 Å². The first-order valence-corrected chi connectivity index (χ1v) is 15.4. The minimum atomic E-state index is -0.959. The smallest absolute Gasteiger partial charge is 0.338 e. The van der Waals surface area contributed by atoms with Crippen LogP contribution in [0.1, 0.15) is 42.3 Å². The highest BCUT2D eigenvalue weighted by Gasteiger charge is 2.35. The molecular formula is C35H29N3O7S. The van der Waals surface area contributed by atoms with Gasteiger partial charge in [0.1, 0.15) is 29.9 Å². The maximum absolute atomic E-state index is 14.0. The highest BCUT2D eigenvalue weighted by Crippen LogP contribution is 2.36. The second kappa shape index (κ2) is 12.8. The van der Waals surface area contributed by atoms with E-state index in [1.807, 2.05) is 61.5 Å². The number of nitro groups is 1. The van der Waals surface area contributed by atoms with Gasteiger partial charge in [-0.1, -0.05) is 59.9 Å². The van der Waals surface area contributed by atoms with Gasteiger partial charge in [0, 0.05) is 17.7 Å². The van der Waals surface area contributed by atoms with Crippen LogP contribution in [0.5, 0.6) is 5.75 Å². The molecule has 3 aromatic carbocycles. The SMILES string of the molecule is CCOC(=O)C1=C(C)N=c2s/c(=C\c3ccc(OCc4ccccc4)cc3)c(=O)n2[C@@H]1c1ccc(-c2cc([N+](=O)[O-])ccc2C)o1. The number of hydrogen-bond donors (Lipinski definition) is 0. The van der Waals surface area contributed by atoms with E-state index in [2.05, 4.69) is 4.99 Å². The van der Waals surface area contributed by atoms with Crippen molar-refractivity contribution in [3.63, 3.8) is 0 Å². The molecule has 0 aliphatic carbocycles. The molecule has 46 heavy (non-hydrogen) atoms. The summed E-state index contributed by atoms with van der Waals surface area (Å²) in [5.74, 6) is 0.750. The number of aromatic nitrogens is 1. The molecule has 11 heteroatoms. The molecule has 6 rings (SSSR count). The van der Waals surface area contributed by atoms with E-state index in [9.17, 15) is 19.7 Å². The number of furan rings is 1. The summed E-state index contributed by atoms with van der Waals surface area (Å²) in [5, 5.41) is 11.4. The van der Waals surface area contributed by atoms with E-state index >= 15 is 0 Å². The lowest BCUT2D eigenvalue weighted by molar-refractivity contribution is -0.384. The first kappa shape index (κ1) is 30.5. The zero-order valence-corrected chi connectivity index (χ0v) is 26.1. The average molecular weight is 636 g/mol. The van der Waals surface area contributed by atoms with Crippen molar-refractivity contribution >= 4 is 29.1 Å². The van der Waals surface area contributed by atoms with Gasteiger partial charge in [-0.05, 0) is 67.8 Å². The molecule has 232 valence electrons. The Kier molecular flexibility index (Phi) is 8.49. The minimum absolute atomic E-state index is 0.0784. The van der Waals surface area contributed by atoms with Gasteiger partial charge in [0.2, 0.25) is 0 Å². The Hall–Kier alpha value is -5.55. The van der Waals surface area contributed by atoms with Gasteiger partial charge in [-0.25, -0.2) is 9.79 Å². The Balaban J connectivity index is 1.38. The van der Waals surface area contributed by atoms with E-state index in [4.69, 9.17) is 13.9 Å². The van der Waals surface area contributed by atoms with Gasteiger partial charge in [-0.15, -0.1) is 0 Å². The van der Waals surface area contributed by atoms with Crippen LogP contribution in [-0.4, -0.2) is 22.1 Å². The van der Waals surface area contributed by atoms with Crippen LogP contribution in [0, 0.1) is 17.0 Å². The second-order valence-electron chi connectivity index (χ2n) is 10.6. The number of rotatable bonds is 9. The molecule has 1 atom stereocenters. The maximum Gasteiger partial charge on any atom is 0.338 e. The number of ether oxygens (including phenoxy) is 2. The average Bonchev–Trinajstić information content (AvgIpc) is 3.65. The molecule has 0 N–H and O–H groups in total. The van der Waals surface area contributed by atoms with E-state index < -0.39 is 16.9 Å². The Morgan fingerprint density at radius 1 is 1.07 bits per heavy atom. The quantitative estimate of drug-likeness (QED) is 0.113. The zero-order valence-electron chi connectivity index (χ0n) is 25.3. The Bertz CT molecular complexity index is 2160. The van der Waals surface area contributed by atoms with Crippen molar-refractivity contribution < 1.29 is 23.6 Å². The van der Waals surface area contributed by atoms with Gasteiger partial charge in [0.05, 0.1) is 27.3 Å². The van der Waals surface area contributed by atoms with Crippen LogP contribution < -0.4 is 19.6 Å². The number of hydrogen-bond acceptors (Lipinski definition) is 9. The number of nitro benzene ring substituents is 1. The normalized spacial score (nSPS) is 14.5. The predicted octanol–water partition coefficient (Wildman–Crippen LogP) is 5.85. The van der Waals surface area contributed by atoms with Crippen molar-refractivity contribution in [2.75, 3.05) is 6.61 Å². The molecule has 0 radical (unpaired) electrons. The molecule has 0 fully saturated rings. The summed E-state index contributed by atoms with van der Waals surface area (Å²) >= 11 is 1.20. The fraction of sp³-hybridized carbons (Fsp3) is 0.171. The molecule has 0 spiro atoms. The van der Waals surface area contributed by atoms with Crippen molar-refractivity contribution in [3.05, 3.63) is 148 Å². The van der Waals surface area contributed by atoms with Gasteiger partial charge in [-0.3, -0.25) is 19.5 Å². The van der Waals surface area contributed by atoms with Gasteiger partial charge >= 0.3 is 5.97 Å². The Morgan fingerprint density at radius 3 is 2.54 bits per heavy atom. The number of fused-ring (bicyclic) bond motifs is 1. The number of non-ortho nitro benzene ring substituents is 1. The van der Waals surface area contributed by atoms with Gasteiger partial charge in [-0.2, -0.15) is 0 Å². The van der Waals surface area contributed by atoms with Crippen molar-refractivity contribution in [1.82, 2.24) is 4.57 Å². The monoisotopic (exact) mass is 635 g/mol. The number of esters is 1. The fourth-order valence-corrected chi connectivity index (χ4v) is 6.29. The number of benzene rings is 3. The van der Waals surface area contributed by atoms with Gasteiger partial charge in [0.15, 0.2) is 4.80 Å². The van der Waals surface area contributed by atoms with Crippen molar-refractivity contribution in [1.29, 1.82) is 0 Å². The molecule has 10 nitrogen and oxygen atoms in total. The molecule has 0 saturated carbocycles. The van der Waals surface area contributed by atoms with Crippen LogP contribution in [0.25, 0.3) is 17.4 Å². The molecule has 3 heterocycles. The van der Waals surface area contributed by atoms with E-state index in [0.29, 0.717) is 44.5 Å². The van der Waals surface area contributed by atoms with Crippen molar-refractivity contribution in [3.8, 4) is 17.1 Å². The molecule has 0 bridgehead atoms. The number of allylic oxidation sites excluding steroid dienone is 1. The van der Waals surface area contributed by atoms with E-state index in [1.165, 1.54) is 28.0 Å². The first-order valence-electron chi connectivity index (χ1n) is 14.5. The van der Waals surface area contributed by atoms with Crippen LogP contribution >= 0.6 is 11.3 Å². The van der Waals surface area contributed by atoms with Crippen LogP contribution in [0.15, 0.2) is 110 Å². The molecule has 0 unspecified atom stereocenters. The minimum Gasteiger partial charge on any atom is -0.489 e. The lowest BCUT2D eigenvalue weighted by Crippen LogP contribution is -2.39. The highest BCUT2D eigenvalue weighted by atomic mass is 32.1. The third-order valence-corrected chi connectivity index (χ3v) is 8.52. The number of carbonyl (C=O) groups is 1. The molecule has 1 aliphatic rings. The summed E-state index contributed by atoms with van der Waals surface area (Å²) in [7, 11) is 0. The van der Waals surface area contributed by atoms with Crippen LogP contribution in [0.4, 0.5) is 5.69 Å². The largest absolute Gasteiger partial charge is 0.489 e. The summed E-state index contributed by atoms with van der Waals surface area (Å²) in [6.07, 6.45) is 1.77. The van der Waals surface area contributed by atoms with E-state index in [1.54, 1.807) is 38.1 Å². The van der Waals surface area contributed by atoms with Gasteiger partial charge < -0.3 is 13.9 Å². The molecule has 1 aliphatic heterocycles. The second-order valence-corrected chi connectivity index (χ2v) is 11.6. The maximum atomic E-state index is 14.0. The number of aryl methyl sites for hydroxylation is 1. The lowest BCUT2D eigenvalue weighted by atomic mass is 10.0. The van der Waals surface area contributed by atoms with Crippen LogP contribution in [0.3, 0.4) is 0 Å². The summed E-state index contributed by atoms with van der Waals surface area (Å²) in [6.45, 7) is 5.79. The number of nitrogens with zero attached hydrogens (tertiary/aromatic N) is 3. The third kappa shape index (κ3) is 6.04.